The average Bonchev–Trinajstić information content (AvgIpc) is 2.77. The quantitative estimate of drug-likeness (QED) is 0.856. The normalized spacial score (nSPS) is 22.7. The molecule has 1 N–H and O–H groups in total. The van der Waals surface area contributed by atoms with Gasteiger partial charge in [-0.1, -0.05) is 18.9 Å². The third kappa shape index (κ3) is 2.16. The number of piperazine rings is 1. The highest BCUT2D eigenvalue weighted by Crippen LogP contribution is 2.36. The van der Waals surface area contributed by atoms with Gasteiger partial charge in [-0.25, -0.2) is 4.39 Å². The Hall–Kier alpha value is -0.610. The first kappa shape index (κ1) is 12.4. The molecule has 1 heterocycles. The van der Waals surface area contributed by atoms with Crippen molar-refractivity contribution in [1.82, 2.24) is 5.32 Å². The first-order valence-electron chi connectivity index (χ1n) is 6.64. The SMILES string of the molecule is Fc1cccc(Br)c1N1CCNC2(CCCC2)C1. The summed E-state index contributed by atoms with van der Waals surface area (Å²) >= 11 is 3.48. The lowest BCUT2D eigenvalue weighted by molar-refractivity contribution is 0.302. The Morgan fingerprint density at radius 3 is 2.78 bits per heavy atom. The van der Waals surface area contributed by atoms with E-state index < -0.39 is 0 Å². The zero-order chi connectivity index (χ0) is 12.6. The first-order valence-corrected chi connectivity index (χ1v) is 7.44. The first-order chi connectivity index (χ1) is 8.70. The molecule has 1 saturated heterocycles. The van der Waals surface area contributed by atoms with Crippen molar-refractivity contribution in [2.75, 3.05) is 24.5 Å². The molecule has 2 fully saturated rings. The second-order valence-corrected chi connectivity index (χ2v) is 6.26. The van der Waals surface area contributed by atoms with E-state index in [-0.39, 0.29) is 11.4 Å². The van der Waals surface area contributed by atoms with Gasteiger partial charge in [0.15, 0.2) is 0 Å². The fourth-order valence-corrected chi connectivity index (χ4v) is 3.92. The van der Waals surface area contributed by atoms with Gasteiger partial charge in [0, 0.05) is 29.6 Å². The number of para-hydroxylation sites is 1. The maximum atomic E-state index is 14.0. The number of nitrogens with one attached hydrogen (secondary N) is 1. The van der Waals surface area contributed by atoms with Crippen LogP contribution in [0.3, 0.4) is 0 Å². The number of anilines is 1. The van der Waals surface area contributed by atoms with Crippen molar-refractivity contribution in [2.24, 2.45) is 0 Å². The van der Waals surface area contributed by atoms with Gasteiger partial charge >= 0.3 is 0 Å². The maximum Gasteiger partial charge on any atom is 0.147 e. The summed E-state index contributed by atoms with van der Waals surface area (Å²) in [5, 5.41) is 3.65. The van der Waals surface area contributed by atoms with Crippen LogP contribution in [0.1, 0.15) is 25.7 Å². The summed E-state index contributed by atoms with van der Waals surface area (Å²) in [6.07, 6.45) is 5.02. The molecule has 1 aliphatic carbocycles. The Balaban J connectivity index is 1.88. The lowest BCUT2D eigenvalue weighted by Gasteiger charge is -2.43. The molecule has 1 saturated carbocycles. The number of hydrogen-bond donors (Lipinski definition) is 1. The van der Waals surface area contributed by atoms with E-state index in [2.05, 4.69) is 26.1 Å². The van der Waals surface area contributed by atoms with Crippen molar-refractivity contribution in [3.05, 3.63) is 28.5 Å². The zero-order valence-corrected chi connectivity index (χ0v) is 12.0. The van der Waals surface area contributed by atoms with Crippen LogP contribution >= 0.6 is 15.9 Å². The Morgan fingerprint density at radius 1 is 1.28 bits per heavy atom. The number of halogens is 2. The van der Waals surface area contributed by atoms with Crippen molar-refractivity contribution in [1.29, 1.82) is 0 Å². The second kappa shape index (κ2) is 4.82. The van der Waals surface area contributed by atoms with Crippen LogP contribution < -0.4 is 10.2 Å². The van der Waals surface area contributed by atoms with Gasteiger partial charge in [-0.05, 0) is 40.9 Å². The molecule has 1 aromatic carbocycles. The van der Waals surface area contributed by atoms with Gasteiger partial charge in [0.2, 0.25) is 0 Å². The van der Waals surface area contributed by atoms with Crippen LogP contribution in [0.5, 0.6) is 0 Å². The highest BCUT2D eigenvalue weighted by atomic mass is 79.9. The van der Waals surface area contributed by atoms with Gasteiger partial charge in [0.25, 0.3) is 0 Å². The molecule has 2 aliphatic rings. The molecule has 0 atom stereocenters. The molecule has 3 rings (SSSR count). The van der Waals surface area contributed by atoms with Gasteiger partial charge in [0.05, 0.1) is 5.69 Å². The Bertz CT molecular complexity index is 423. The standard InChI is InChI=1S/C14H18BrFN2/c15-11-4-3-5-12(16)13(11)18-9-8-17-14(10-18)6-1-2-7-14/h3-5,17H,1-2,6-10H2. The van der Waals surface area contributed by atoms with Crippen LogP contribution in [0, 0.1) is 5.82 Å². The van der Waals surface area contributed by atoms with E-state index in [9.17, 15) is 4.39 Å². The molecule has 0 bridgehead atoms. The van der Waals surface area contributed by atoms with Crippen LogP contribution in [0.4, 0.5) is 10.1 Å². The molecule has 18 heavy (non-hydrogen) atoms. The van der Waals surface area contributed by atoms with Gasteiger partial charge in [0.1, 0.15) is 5.82 Å². The molecule has 1 aliphatic heterocycles. The van der Waals surface area contributed by atoms with Crippen LogP contribution in [0.15, 0.2) is 22.7 Å². The van der Waals surface area contributed by atoms with E-state index in [1.54, 1.807) is 12.1 Å². The molecular formula is C14H18BrFN2. The smallest absolute Gasteiger partial charge is 0.147 e. The van der Waals surface area contributed by atoms with Crippen LogP contribution in [-0.4, -0.2) is 25.2 Å². The summed E-state index contributed by atoms with van der Waals surface area (Å²) < 4.78 is 14.9. The van der Waals surface area contributed by atoms with Gasteiger partial charge in [-0.15, -0.1) is 0 Å². The summed E-state index contributed by atoms with van der Waals surface area (Å²) in [7, 11) is 0. The molecular weight excluding hydrogens is 295 g/mol. The van der Waals surface area contributed by atoms with E-state index in [1.165, 1.54) is 25.7 Å². The largest absolute Gasteiger partial charge is 0.365 e. The number of nitrogens with zero attached hydrogens (tertiary/aromatic N) is 1. The van der Waals surface area contributed by atoms with E-state index in [4.69, 9.17) is 0 Å². The fourth-order valence-electron chi connectivity index (χ4n) is 3.32. The average molecular weight is 313 g/mol. The highest BCUT2D eigenvalue weighted by molar-refractivity contribution is 9.10. The topological polar surface area (TPSA) is 15.3 Å². The van der Waals surface area contributed by atoms with E-state index >= 15 is 0 Å². The molecule has 1 spiro atoms. The van der Waals surface area contributed by atoms with Gasteiger partial charge < -0.3 is 10.2 Å². The van der Waals surface area contributed by atoms with E-state index in [0.29, 0.717) is 0 Å². The third-order valence-corrected chi connectivity index (χ3v) is 4.83. The number of hydrogen-bond acceptors (Lipinski definition) is 2. The summed E-state index contributed by atoms with van der Waals surface area (Å²) in [6.45, 7) is 2.74. The lowest BCUT2D eigenvalue weighted by Crippen LogP contribution is -2.59. The monoisotopic (exact) mass is 312 g/mol. The minimum atomic E-state index is -0.126. The molecule has 1 aromatic rings. The summed E-state index contributed by atoms with van der Waals surface area (Å²) in [4.78, 5) is 2.20. The van der Waals surface area contributed by atoms with Crippen molar-refractivity contribution in [2.45, 2.75) is 31.2 Å². The second-order valence-electron chi connectivity index (χ2n) is 5.41. The van der Waals surface area contributed by atoms with Crippen LogP contribution in [-0.2, 0) is 0 Å². The molecule has 0 unspecified atom stereocenters. The van der Waals surface area contributed by atoms with Crippen LogP contribution in [0.25, 0.3) is 0 Å². The fraction of sp³-hybridized carbons (Fsp3) is 0.571. The number of benzene rings is 1. The van der Waals surface area contributed by atoms with E-state index in [0.717, 1.165) is 29.8 Å². The Morgan fingerprint density at radius 2 is 2.06 bits per heavy atom. The van der Waals surface area contributed by atoms with Gasteiger partial charge in [-0.2, -0.15) is 0 Å². The molecule has 0 aromatic heterocycles. The minimum absolute atomic E-state index is 0.126. The summed E-state index contributed by atoms with van der Waals surface area (Å²) in [5.74, 6) is -0.126. The molecule has 4 heteroatoms. The zero-order valence-electron chi connectivity index (χ0n) is 10.4. The van der Waals surface area contributed by atoms with E-state index in [1.807, 2.05) is 6.07 Å². The summed E-state index contributed by atoms with van der Waals surface area (Å²) in [6, 6.07) is 5.21. The third-order valence-electron chi connectivity index (χ3n) is 4.19. The maximum absolute atomic E-state index is 14.0. The Labute approximate surface area is 116 Å². The predicted octanol–water partition coefficient (Wildman–Crippen LogP) is 3.31. The Kier molecular flexibility index (Phi) is 3.32. The van der Waals surface area contributed by atoms with Crippen molar-refractivity contribution >= 4 is 21.6 Å². The molecule has 0 amide bonds. The van der Waals surface area contributed by atoms with Gasteiger partial charge in [-0.3, -0.25) is 0 Å². The molecule has 2 nitrogen and oxygen atoms in total. The number of rotatable bonds is 1. The van der Waals surface area contributed by atoms with Crippen molar-refractivity contribution in [3.8, 4) is 0 Å². The van der Waals surface area contributed by atoms with Crippen molar-refractivity contribution in [3.63, 3.8) is 0 Å². The van der Waals surface area contributed by atoms with Crippen molar-refractivity contribution < 1.29 is 4.39 Å². The lowest BCUT2D eigenvalue weighted by atomic mass is 9.94. The predicted molar refractivity (Wildman–Crippen MR) is 75.5 cm³/mol. The summed E-state index contributed by atoms with van der Waals surface area (Å²) in [5.41, 5.74) is 0.949. The minimum Gasteiger partial charge on any atom is -0.365 e. The molecule has 98 valence electrons. The molecule has 0 radical (unpaired) electrons. The highest BCUT2D eigenvalue weighted by Gasteiger charge is 2.38. The van der Waals surface area contributed by atoms with Crippen LogP contribution in [0.2, 0.25) is 0 Å².